The SMILES string of the molecule is CSC(=Nc1c(C)ncnc1CCCC1=CCCC=C1C)C(=O)N1CCOC(C)(C)C1. The predicted octanol–water partition coefficient (Wildman–Crippen LogP) is 4.80. The van der Waals surface area contributed by atoms with Gasteiger partial charge in [-0.3, -0.25) is 4.79 Å². The van der Waals surface area contributed by atoms with E-state index in [2.05, 4.69) is 29.0 Å². The second-order valence-electron chi connectivity index (χ2n) is 8.76. The van der Waals surface area contributed by atoms with Crippen molar-refractivity contribution < 1.29 is 9.53 Å². The summed E-state index contributed by atoms with van der Waals surface area (Å²) in [6, 6.07) is 0. The standard InChI is InChI=1S/C24H34N4O2S/c1-17-9-6-7-10-19(17)11-8-12-20-21(18(2)25-16-26-20)27-22(31-5)23(29)28-13-14-30-24(3,4)15-28/h9-10,16H,6-8,11-15H2,1-5H3. The molecule has 2 aliphatic rings. The van der Waals surface area contributed by atoms with E-state index in [-0.39, 0.29) is 11.5 Å². The largest absolute Gasteiger partial charge is 0.372 e. The molecule has 6 nitrogen and oxygen atoms in total. The van der Waals surface area contributed by atoms with Gasteiger partial charge < -0.3 is 9.64 Å². The molecule has 1 aromatic rings. The highest BCUT2D eigenvalue weighted by Gasteiger charge is 2.31. The minimum atomic E-state index is -0.339. The van der Waals surface area contributed by atoms with Crippen LogP contribution in [-0.4, -0.2) is 57.4 Å². The lowest BCUT2D eigenvalue weighted by molar-refractivity contribution is -0.138. The van der Waals surface area contributed by atoms with Crippen LogP contribution in [0.5, 0.6) is 0 Å². The third-order valence-corrected chi connectivity index (χ3v) is 6.41. The molecular formula is C24H34N4O2S. The third kappa shape index (κ3) is 6.26. The van der Waals surface area contributed by atoms with Gasteiger partial charge in [-0.1, -0.05) is 17.7 Å². The van der Waals surface area contributed by atoms with Crippen molar-refractivity contribution in [2.75, 3.05) is 26.0 Å². The molecule has 0 bridgehead atoms. The van der Waals surface area contributed by atoms with Crippen LogP contribution in [0.3, 0.4) is 0 Å². The molecule has 0 unspecified atom stereocenters. The summed E-state index contributed by atoms with van der Waals surface area (Å²) >= 11 is 1.38. The van der Waals surface area contributed by atoms with Crippen LogP contribution in [0.4, 0.5) is 5.69 Å². The first-order valence-corrected chi connectivity index (χ1v) is 12.3. The highest BCUT2D eigenvalue weighted by atomic mass is 32.2. The molecule has 0 radical (unpaired) electrons. The van der Waals surface area contributed by atoms with Crippen LogP contribution < -0.4 is 0 Å². The Hall–Kier alpha value is -1.99. The van der Waals surface area contributed by atoms with E-state index in [4.69, 9.17) is 9.73 Å². The van der Waals surface area contributed by atoms with E-state index in [0.29, 0.717) is 24.7 Å². The van der Waals surface area contributed by atoms with E-state index in [0.717, 1.165) is 49.2 Å². The van der Waals surface area contributed by atoms with E-state index in [1.807, 2.05) is 31.9 Å². The Morgan fingerprint density at radius 3 is 2.71 bits per heavy atom. The number of amides is 1. The zero-order chi connectivity index (χ0) is 22.4. The Bertz CT molecular complexity index is 905. The van der Waals surface area contributed by atoms with E-state index >= 15 is 0 Å². The number of hydrogen-bond donors (Lipinski definition) is 0. The summed E-state index contributed by atoms with van der Waals surface area (Å²) in [5.41, 5.74) is 4.95. The number of carbonyl (C=O) groups is 1. The van der Waals surface area contributed by atoms with Gasteiger partial charge in [0.15, 0.2) is 5.04 Å². The number of thioether (sulfide) groups is 1. The van der Waals surface area contributed by atoms with E-state index < -0.39 is 0 Å². The van der Waals surface area contributed by atoms with Crippen molar-refractivity contribution in [3.63, 3.8) is 0 Å². The molecule has 1 aliphatic carbocycles. The van der Waals surface area contributed by atoms with Crippen molar-refractivity contribution in [3.8, 4) is 0 Å². The number of carbonyl (C=O) groups excluding carboxylic acids is 1. The van der Waals surface area contributed by atoms with Gasteiger partial charge in [0.1, 0.15) is 12.0 Å². The molecule has 1 saturated heterocycles. The number of aliphatic imine (C=N–C) groups is 1. The monoisotopic (exact) mass is 442 g/mol. The second-order valence-corrected chi connectivity index (χ2v) is 9.55. The van der Waals surface area contributed by atoms with Crippen LogP contribution in [0.15, 0.2) is 34.6 Å². The van der Waals surface area contributed by atoms with Gasteiger partial charge >= 0.3 is 0 Å². The molecule has 0 aromatic carbocycles. The Balaban J connectivity index is 1.76. The summed E-state index contributed by atoms with van der Waals surface area (Å²) in [6.07, 6.45) is 13.3. The van der Waals surface area contributed by atoms with Gasteiger partial charge in [0, 0.05) is 13.1 Å². The molecule has 1 aliphatic heterocycles. The second kappa shape index (κ2) is 10.6. The average Bonchev–Trinajstić information content (AvgIpc) is 2.73. The van der Waals surface area contributed by atoms with Crippen LogP contribution in [0, 0.1) is 6.92 Å². The van der Waals surface area contributed by atoms with Crippen LogP contribution in [0.1, 0.15) is 57.8 Å². The molecule has 0 N–H and O–H groups in total. The van der Waals surface area contributed by atoms with Gasteiger partial charge in [-0.2, -0.15) is 0 Å². The zero-order valence-electron chi connectivity index (χ0n) is 19.4. The first-order chi connectivity index (χ1) is 14.8. The Labute approximate surface area is 190 Å². The maximum Gasteiger partial charge on any atom is 0.279 e. The number of aryl methyl sites for hydroxylation is 2. The van der Waals surface area contributed by atoms with Crippen molar-refractivity contribution in [2.24, 2.45) is 4.99 Å². The van der Waals surface area contributed by atoms with E-state index in [9.17, 15) is 4.79 Å². The van der Waals surface area contributed by atoms with Crippen LogP contribution in [0.2, 0.25) is 0 Å². The lowest BCUT2D eigenvalue weighted by atomic mass is 9.94. The molecule has 2 heterocycles. The van der Waals surface area contributed by atoms with Crippen molar-refractivity contribution in [2.45, 2.75) is 65.4 Å². The van der Waals surface area contributed by atoms with Crippen molar-refractivity contribution in [1.82, 2.24) is 14.9 Å². The molecule has 1 fully saturated rings. The van der Waals surface area contributed by atoms with E-state index in [1.165, 1.54) is 22.9 Å². The Morgan fingerprint density at radius 1 is 1.23 bits per heavy atom. The van der Waals surface area contributed by atoms with Gasteiger partial charge in [-0.15, -0.1) is 11.8 Å². The summed E-state index contributed by atoms with van der Waals surface area (Å²) < 4.78 is 5.75. The molecule has 168 valence electrons. The minimum Gasteiger partial charge on any atom is -0.372 e. The summed E-state index contributed by atoms with van der Waals surface area (Å²) in [4.78, 5) is 28.6. The fraction of sp³-hybridized carbons (Fsp3) is 0.583. The van der Waals surface area contributed by atoms with Crippen molar-refractivity contribution in [1.29, 1.82) is 0 Å². The Morgan fingerprint density at radius 2 is 2.00 bits per heavy atom. The molecular weight excluding hydrogens is 408 g/mol. The lowest BCUT2D eigenvalue weighted by Crippen LogP contribution is -2.52. The fourth-order valence-corrected chi connectivity index (χ4v) is 4.53. The number of rotatable bonds is 5. The van der Waals surface area contributed by atoms with Gasteiger partial charge in [-0.05, 0) is 71.6 Å². The van der Waals surface area contributed by atoms with Crippen molar-refractivity contribution >= 4 is 28.4 Å². The summed E-state index contributed by atoms with van der Waals surface area (Å²) in [6.45, 7) is 9.83. The number of nitrogens with zero attached hydrogens (tertiary/aromatic N) is 4. The maximum absolute atomic E-state index is 13.2. The number of hydrogen-bond acceptors (Lipinski definition) is 6. The van der Waals surface area contributed by atoms with E-state index in [1.54, 1.807) is 6.33 Å². The quantitative estimate of drug-likeness (QED) is 0.484. The molecule has 0 spiro atoms. The van der Waals surface area contributed by atoms with Crippen LogP contribution in [-0.2, 0) is 16.0 Å². The number of morpholine rings is 1. The summed E-state index contributed by atoms with van der Waals surface area (Å²) in [5.74, 6) is -0.0498. The minimum absolute atomic E-state index is 0.0498. The zero-order valence-corrected chi connectivity index (χ0v) is 20.2. The lowest BCUT2D eigenvalue weighted by Gasteiger charge is -2.38. The predicted molar refractivity (Wildman–Crippen MR) is 128 cm³/mol. The first-order valence-electron chi connectivity index (χ1n) is 11.0. The van der Waals surface area contributed by atoms with Crippen LogP contribution in [0.25, 0.3) is 0 Å². The maximum atomic E-state index is 13.2. The third-order valence-electron chi connectivity index (χ3n) is 5.76. The number of aromatic nitrogens is 2. The van der Waals surface area contributed by atoms with Gasteiger partial charge in [0.25, 0.3) is 5.91 Å². The fourth-order valence-electron chi connectivity index (χ4n) is 4.05. The molecule has 1 aromatic heterocycles. The summed E-state index contributed by atoms with van der Waals surface area (Å²) in [5, 5.41) is 0.477. The topological polar surface area (TPSA) is 67.7 Å². The molecule has 31 heavy (non-hydrogen) atoms. The highest BCUT2D eigenvalue weighted by Crippen LogP contribution is 2.27. The molecule has 0 saturated carbocycles. The first kappa shape index (κ1) is 23.7. The Kier molecular flexibility index (Phi) is 8.06. The molecule has 1 amide bonds. The van der Waals surface area contributed by atoms with Crippen LogP contribution >= 0.6 is 11.8 Å². The normalized spacial score (nSPS) is 19.1. The van der Waals surface area contributed by atoms with Crippen molar-refractivity contribution in [3.05, 3.63) is 41.0 Å². The molecule has 3 rings (SSSR count). The van der Waals surface area contributed by atoms with Gasteiger partial charge in [0.2, 0.25) is 0 Å². The molecule has 0 atom stereocenters. The summed E-state index contributed by atoms with van der Waals surface area (Å²) in [7, 11) is 0. The van der Waals surface area contributed by atoms with Gasteiger partial charge in [0.05, 0.1) is 23.6 Å². The van der Waals surface area contributed by atoms with Gasteiger partial charge in [-0.25, -0.2) is 15.0 Å². The molecule has 7 heteroatoms. The highest BCUT2D eigenvalue weighted by molar-refractivity contribution is 8.15. The number of allylic oxidation sites excluding steroid dienone is 4. The smallest absolute Gasteiger partial charge is 0.279 e. The number of ether oxygens (including phenoxy) is 1. The average molecular weight is 443 g/mol.